The van der Waals surface area contributed by atoms with Crippen molar-refractivity contribution in [3.8, 4) is 11.5 Å². The Morgan fingerprint density at radius 1 is 0.927 bits per heavy atom. The Bertz CT molecular complexity index is 1640. The van der Waals surface area contributed by atoms with Crippen molar-refractivity contribution >= 4 is 29.5 Å². The normalized spacial score (nSPS) is 23.7. The molecule has 2 saturated heterocycles. The average Bonchev–Trinajstić information content (AvgIpc) is 3.54. The van der Waals surface area contributed by atoms with E-state index in [-0.39, 0.29) is 48.8 Å². The van der Waals surface area contributed by atoms with Gasteiger partial charge in [-0.25, -0.2) is 0 Å². The smallest absolute Gasteiger partial charge is 0.255 e. The van der Waals surface area contributed by atoms with Crippen LogP contribution in [-0.2, 0) is 25.7 Å². The highest BCUT2D eigenvalue weighted by Gasteiger charge is 2.37. The number of methoxy groups -OCH3 is 1. The maximum absolute atomic E-state index is 14.3. The molecular weight excluding hydrogens is 702 g/mol. The Labute approximate surface area is 324 Å². The van der Waals surface area contributed by atoms with Crippen molar-refractivity contribution < 1.29 is 33.4 Å². The third-order valence-electron chi connectivity index (χ3n) is 10.8. The van der Waals surface area contributed by atoms with E-state index in [0.29, 0.717) is 70.7 Å². The van der Waals surface area contributed by atoms with Crippen molar-refractivity contribution in [2.75, 3.05) is 53.0 Å². The summed E-state index contributed by atoms with van der Waals surface area (Å²) in [5, 5.41) is 8.76. The lowest BCUT2D eigenvalue weighted by Gasteiger charge is -2.31. The molecule has 2 aromatic carbocycles. The minimum atomic E-state index is -1.00. The number of carbonyl (C=O) groups excluding carboxylic acids is 5. The molecule has 0 aliphatic carbocycles. The number of unbranched alkanes of at least 4 members (excludes halogenated alkanes) is 1. The zero-order chi connectivity index (χ0) is 39.3. The largest absolute Gasteiger partial charge is 0.497 e. The molecule has 300 valence electrons. The SMILES string of the molecule is COc1cccc(CN2CCCN(C(=O)[C@@H]3CCC(=O)N[C@H](C(C)C)C(=O)N[C@@H](CCCCN)C(=O)N4CCC[C@@H]4COc4ccccc4C(=O)N3)CC2)c1. The first-order chi connectivity index (χ1) is 26.6. The summed E-state index contributed by atoms with van der Waals surface area (Å²) in [7, 11) is 1.64. The predicted molar refractivity (Wildman–Crippen MR) is 208 cm³/mol. The molecule has 0 bridgehead atoms. The molecule has 3 heterocycles. The molecule has 2 aromatic rings. The number of fused-ring (bicyclic) bond motifs is 2. The van der Waals surface area contributed by atoms with Crippen LogP contribution in [0.4, 0.5) is 0 Å². The highest BCUT2D eigenvalue weighted by Crippen LogP contribution is 2.25. The number of hydrogen-bond donors (Lipinski definition) is 4. The van der Waals surface area contributed by atoms with E-state index in [4.69, 9.17) is 15.2 Å². The van der Waals surface area contributed by atoms with Crippen molar-refractivity contribution in [3.63, 3.8) is 0 Å². The first-order valence-corrected chi connectivity index (χ1v) is 19.8. The molecule has 5 N–H and O–H groups in total. The van der Waals surface area contributed by atoms with Gasteiger partial charge in [-0.1, -0.05) is 38.1 Å². The van der Waals surface area contributed by atoms with Gasteiger partial charge in [-0.3, -0.25) is 28.9 Å². The average molecular weight is 762 g/mol. The molecule has 4 atom stereocenters. The molecule has 3 aliphatic heterocycles. The molecule has 0 spiro atoms. The fraction of sp³-hybridized carbons (Fsp3) is 0.585. The highest BCUT2D eigenvalue weighted by atomic mass is 16.5. The van der Waals surface area contributed by atoms with Crippen LogP contribution in [-0.4, -0.2) is 121 Å². The first kappa shape index (κ1) is 41.5. The molecule has 3 aliphatic rings. The van der Waals surface area contributed by atoms with E-state index in [9.17, 15) is 24.0 Å². The fourth-order valence-corrected chi connectivity index (χ4v) is 7.63. The van der Waals surface area contributed by atoms with Gasteiger partial charge in [0.25, 0.3) is 5.91 Å². The van der Waals surface area contributed by atoms with Crippen molar-refractivity contribution in [1.82, 2.24) is 30.7 Å². The Morgan fingerprint density at radius 3 is 2.53 bits per heavy atom. The number of hydrogen-bond acceptors (Lipinski definition) is 9. The Kier molecular flexibility index (Phi) is 15.3. The summed E-state index contributed by atoms with van der Waals surface area (Å²) in [4.78, 5) is 75.4. The second-order valence-corrected chi connectivity index (χ2v) is 15.1. The Hall–Kier alpha value is -4.69. The number of nitrogens with zero attached hydrogens (tertiary/aromatic N) is 3. The second-order valence-electron chi connectivity index (χ2n) is 15.1. The third kappa shape index (κ3) is 11.4. The van der Waals surface area contributed by atoms with Crippen LogP contribution in [0, 0.1) is 5.92 Å². The number of ether oxygens (including phenoxy) is 2. The molecule has 0 saturated carbocycles. The summed E-state index contributed by atoms with van der Waals surface area (Å²) in [6.45, 7) is 7.91. The van der Waals surface area contributed by atoms with Gasteiger partial charge in [0.1, 0.15) is 36.2 Å². The molecule has 0 unspecified atom stereocenters. The molecule has 5 rings (SSSR count). The molecular formula is C41H59N7O7. The van der Waals surface area contributed by atoms with E-state index in [2.05, 4.69) is 26.9 Å². The summed E-state index contributed by atoms with van der Waals surface area (Å²) in [6.07, 6.45) is 3.89. The van der Waals surface area contributed by atoms with Crippen molar-refractivity contribution in [3.05, 3.63) is 59.7 Å². The zero-order valence-corrected chi connectivity index (χ0v) is 32.6. The lowest BCUT2D eigenvalue weighted by molar-refractivity contribution is -0.139. The van der Waals surface area contributed by atoms with Crippen LogP contribution >= 0.6 is 0 Å². The molecule has 5 amide bonds. The number of para-hydroxylation sites is 1. The van der Waals surface area contributed by atoms with Crippen LogP contribution < -0.4 is 31.2 Å². The van der Waals surface area contributed by atoms with E-state index in [1.54, 1.807) is 41.2 Å². The summed E-state index contributed by atoms with van der Waals surface area (Å²) in [5.74, 6) is -0.999. The van der Waals surface area contributed by atoms with Crippen LogP contribution in [0.15, 0.2) is 48.5 Å². The van der Waals surface area contributed by atoms with Gasteiger partial charge in [-0.15, -0.1) is 0 Å². The Morgan fingerprint density at radius 2 is 1.75 bits per heavy atom. The van der Waals surface area contributed by atoms with Crippen molar-refractivity contribution in [1.29, 1.82) is 0 Å². The monoisotopic (exact) mass is 761 g/mol. The third-order valence-corrected chi connectivity index (χ3v) is 10.8. The number of rotatable bonds is 9. The van der Waals surface area contributed by atoms with Gasteiger partial charge in [0.15, 0.2) is 0 Å². The van der Waals surface area contributed by atoms with Crippen molar-refractivity contribution in [2.24, 2.45) is 11.7 Å². The standard InChI is InChI=1S/C41H59N7O7/c1-28(2)37-39(51)44-33(15-6-7-19-42)41(53)48-22-9-12-30(48)27-55-35-16-5-4-14-32(35)38(50)43-34(17-18-36(49)45-37)40(52)47-21-10-20-46(23-24-47)26-29-11-8-13-31(25-29)54-3/h4-5,8,11,13-14,16,25,28,30,33-34,37H,6-7,9-10,12,15,17-24,26-27,42H2,1-3H3,(H,43,50)(H,44,51)(H,45,49)/t30-,33+,34+,37-/m1/s1. The van der Waals surface area contributed by atoms with Crippen LogP contribution in [0.1, 0.15) is 81.1 Å². The summed E-state index contributed by atoms with van der Waals surface area (Å²) < 4.78 is 11.7. The Balaban J connectivity index is 1.38. The van der Waals surface area contributed by atoms with Gasteiger partial charge in [-0.2, -0.15) is 0 Å². The van der Waals surface area contributed by atoms with E-state index in [1.807, 2.05) is 32.0 Å². The van der Waals surface area contributed by atoms with Crippen LogP contribution in [0.3, 0.4) is 0 Å². The van der Waals surface area contributed by atoms with E-state index in [0.717, 1.165) is 30.7 Å². The van der Waals surface area contributed by atoms with E-state index in [1.165, 1.54) is 0 Å². The molecule has 14 nitrogen and oxygen atoms in total. The molecule has 14 heteroatoms. The minimum Gasteiger partial charge on any atom is -0.497 e. The van der Waals surface area contributed by atoms with Crippen LogP contribution in [0.2, 0.25) is 0 Å². The van der Waals surface area contributed by atoms with Crippen LogP contribution in [0.5, 0.6) is 11.5 Å². The maximum Gasteiger partial charge on any atom is 0.255 e. The number of carbonyl (C=O) groups is 5. The number of amides is 5. The number of nitrogens with one attached hydrogen (secondary N) is 3. The summed E-state index contributed by atoms with van der Waals surface area (Å²) in [6, 6.07) is 11.8. The van der Waals surface area contributed by atoms with Gasteiger partial charge in [-0.05, 0) is 87.2 Å². The van der Waals surface area contributed by atoms with Crippen molar-refractivity contribution in [2.45, 2.75) is 95.9 Å². The number of nitrogens with two attached hydrogens (primary N) is 1. The maximum atomic E-state index is 14.3. The molecule has 2 fully saturated rings. The first-order valence-electron chi connectivity index (χ1n) is 19.8. The summed E-state index contributed by atoms with van der Waals surface area (Å²) in [5.41, 5.74) is 7.13. The highest BCUT2D eigenvalue weighted by molar-refractivity contribution is 6.00. The lowest BCUT2D eigenvalue weighted by atomic mass is 10.0. The van der Waals surface area contributed by atoms with Gasteiger partial charge in [0.2, 0.25) is 23.6 Å². The quantitative estimate of drug-likeness (QED) is 0.280. The van der Waals surface area contributed by atoms with Gasteiger partial charge >= 0.3 is 0 Å². The van der Waals surface area contributed by atoms with Gasteiger partial charge < -0.3 is 41.0 Å². The van der Waals surface area contributed by atoms with Crippen LogP contribution in [0.25, 0.3) is 0 Å². The lowest BCUT2D eigenvalue weighted by Crippen LogP contribution is -2.57. The topological polar surface area (TPSA) is 176 Å². The minimum absolute atomic E-state index is 0.0210. The molecule has 55 heavy (non-hydrogen) atoms. The zero-order valence-electron chi connectivity index (χ0n) is 32.6. The molecule has 0 aromatic heterocycles. The molecule has 0 radical (unpaired) electrons. The summed E-state index contributed by atoms with van der Waals surface area (Å²) >= 11 is 0. The van der Waals surface area contributed by atoms with E-state index < -0.39 is 35.8 Å². The fourth-order valence-electron chi connectivity index (χ4n) is 7.63. The number of benzene rings is 2. The predicted octanol–water partition coefficient (Wildman–Crippen LogP) is 2.45. The second kappa shape index (κ2) is 20.3. The van der Waals surface area contributed by atoms with E-state index >= 15 is 0 Å². The van der Waals surface area contributed by atoms with Gasteiger partial charge in [0, 0.05) is 45.7 Å². The van der Waals surface area contributed by atoms with Gasteiger partial charge in [0.05, 0.1) is 18.7 Å².